The summed E-state index contributed by atoms with van der Waals surface area (Å²) in [5.74, 6) is 0. The van der Waals surface area contributed by atoms with Crippen LogP contribution in [0.4, 0.5) is 0 Å². The predicted molar refractivity (Wildman–Crippen MR) is 58.2 cm³/mol. The fraction of sp³-hybridized carbons (Fsp3) is 0.625. The van der Waals surface area contributed by atoms with Crippen LogP contribution in [0.2, 0.25) is 0 Å². The molecule has 7 nitrogen and oxygen atoms in total. The number of hydrogen-bond acceptors (Lipinski definition) is 5. The first-order valence-electron chi connectivity index (χ1n) is 4.69. The third kappa shape index (κ3) is 3.27. The lowest BCUT2D eigenvalue weighted by molar-refractivity contribution is 0.177. The lowest BCUT2D eigenvalue weighted by atomic mass is 10.3. The molecule has 1 aromatic rings. The van der Waals surface area contributed by atoms with Crippen molar-refractivity contribution in [1.29, 1.82) is 0 Å². The minimum atomic E-state index is -3.61. The number of ether oxygens (including phenoxy) is 1. The van der Waals surface area contributed by atoms with Gasteiger partial charge < -0.3 is 15.0 Å². The summed E-state index contributed by atoms with van der Waals surface area (Å²) in [5, 5.41) is -0.0236. The van der Waals surface area contributed by atoms with Crippen molar-refractivity contribution < 1.29 is 13.2 Å². The van der Waals surface area contributed by atoms with Crippen LogP contribution in [0, 0.1) is 0 Å². The highest BCUT2D eigenvalue weighted by atomic mass is 32.2. The van der Waals surface area contributed by atoms with Gasteiger partial charge in [0, 0.05) is 26.9 Å². The molecule has 0 aromatic carbocycles. The smallest absolute Gasteiger partial charge is 0.259 e. The van der Waals surface area contributed by atoms with Gasteiger partial charge in [-0.15, -0.1) is 0 Å². The highest BCUT2D eigenvalue weighted by molar-refractivity contribution is 7.89. The summed E-state index contributed by atoms with van der Waals surface area (Å²) in [6.07, 6.45) is 2.84. The van der Waals surface area contributed by atoms with Gasteiger partial charge in [0.05, 0.1) is 19.0 Å². The summed E-state index contributed by atoms with van der Waals surface area (Å²) in [7, 11) is -0.435. The summed E-state index contributed by atoms with van der Waals surface area (Å²) >= 11 is 0. The second-order valence-corrected chi connectivity index (χ2v) is 5.05. The lowest BCUT2D eigenvalue weighted by Gasteiger charge is -2.14. The molecule has 0 aliphatic carbocycles. The molecule has 0 aliphatic rings. The number of methoxy groups -OCH3 is 1. The quantitative estimate of drug-likeness (QED) is 0.650. The third-order valence-corrected chi connectivity index (χ3v) is 3.34. The van der Waals surface area contributed by atoms with E-state index >= 15 is 0 Å². The number of aryl methyl sites for hydroxylation is 1. The highest BCUT2D eigenvalue weighted by Crippen LogP contribution is 2.04. The molecule has 1 unspecified atom stereocenters. The molecule has 0 amide bonds. The van der Waals surface area contributed by atoms with E-state index in [4.69, 9.17) is 10.5 Å². The normalized spacial score (nSPS) is 13.9. The Hall–Kier alpha value is -0.960. The number of imidazole rings is 1. The topological polar surface area (TPSA) is 99.2 Å². The Morgan fingerprint density at radius 2 is 2.38 bits per heavy atom. The van der Waals surface area contributed by atoms with Gasteiger partial charge in [0.2, 0.25) is 0 Å². The van der Waals surface area contributed by atoms with Gasteiger partial charge in [0.1, 0.15) is 0 Å². The van der Waals surface area contributed by atoms with Crippen molar-refractivity contribution in [3.63, 3.8) is 0 Å². The molecule has 1 heterocycles. The summed E-state index contributed by atoms with van der Waals surface area (Å²) < 4.78 is 32.4. The van der Waals surface area contributed by atoms with Crippen LogP contribution in [0.5, 0.6) is 0 Å². The van der Waals surface area contributed by atoms with E-state index in [9.17, 15) is 8.42 Å². The Morgan fingerprint density at radius 1 is 1.69 bits per heavy atom. The van der Waals surface area contributed by atoms with Crippen molar-refractivity contribution in [3.05, 3.63) is 12.5 Å². The Morgan fingerprint density at radius 3 is 2.81 bits per heavy atom. The molecule has 16 heavy (non-hydrogen) atoms. The zero-order chi connectivity index (χ0) is 12.2. The molecule has 0 bridgehead atoms. The van der Waals surface area contributed by atoms with Crippen LogP contribution in [-0.2, 0) is 21.8 Å². The molecule has 0 saturated carbocycles. The predicted octanol–water partition coefficient (Wildman–Crippen LogP) is -1.33. The van der Waals surface area contributed by atoms with Crippen LogP contribution in [-0.4, -0.2) is 44.3 Å². The van der Waals surface area contributed by atoms with Crippen LogP contribution in [0.15, 0.2) is 17.6 Å². The Kier molecular flexibility index (Phi) is 4.42. The van der Waals surface area contributed by atoms with Crippen LogP contribution >= 0.6 is 0 Å². The molecule has 0 fully saturated rings. The minimum absolute atomic E-state index is 0.0236. The molecular weight excluding hydrogens is 232 g/mol. The molecule has 0 radical (unpaired) electrons. The number of nitrogens with two attached hydrogens (primary N) is 1. The standard InChI is InChI=1S/C8H16N4O3S/c1-12-4-8(10-6-12)16(13,14)11-7(3-9)5-15-2/h4,6-7,11H,3,5,9H2,1-2H3. The van der Waals surface area contributed by atoms with Crippen LogP contribution < -0.4 is 10.5 Å². The molecule has 1 atom stereocenters. The van der Waals surface area contributed by atoms with E-state index in [0.29, 0.717) is 0 Å². The molecule has 1 aromatic heterocycles. The van der Waals surface area contributed by atoms with Crippen molar-refractivity contribution in [3.8, 4) is 0 Å². The van der Waals surface area contributed by atoms with E-state index in [2.05, 4.69) is 9.71 Å². The van der Waals surface area contributed by atoms with Crippen molar-refractivity contribution in [2.45, 2.75) is 11.1 Å². The van der Waals surface area contributed by atoms with Gasteiger partial charge in [-0.2, -0.15) is 0 Å². The first-order valence-corrected chi connectivity index (χ1v) is 6.17. The van der Waals surface area contributed by atoms with Crippen LogP contribution in [0.1, 0.15) is 0 Å². The Balaban J connectivity index is 2.78. The number of rotatable bonds is 6. The lowest BCUT2D eigenvalue weighted by Crippen LogP contribution is -2.43. The summed E-state index contributed by atoms with van der Waals surface area (Å²) in [4.78, 5) is 3.77. The summed E-state index contributed by atoms with van der Waals surface area (Å²) in [6, 6.07) is -0.447. The minimum Gasteiger partial charge on any atom is -0.383 e. The maximum absolute atomic E-state index is 11.8. The van der Waals surface area contributed by atoms with Crippen LogP contribution in [0.3, 0.4) is 0 Å². The van der Waals surface area contributed by atoms with Gasteiger partial charge in [-0.05, 0) is 0 Å². The van der Waals surface area contributed by atoms with Crippen molar-refractivity contribution in [2.24, 2.45) is 12.8 Å². The van der Waals surface area contributed by atoms with E-state index in [1.165, 1.54) is 19.6 Å². The first-order chi connectivity index (χ1) is 7.49. The first kappa shape index (κ1) is 13.1. The van der Waals surface area contributed by atoms with Crippen molar-refractivity contribution in [1.82, 2.24) is 14.3 Å². The van der Waals surface area contributed by atoms with Crippen LogP contribution in [0.25, 0.3) is 0 Å². The molecule has 0 aliphatic heterocycles. The maximum atomic E-state index is 11.8. The summed E-state index contributed by atoms with van der Waals surface area (Å²) in [6.45, 7) is 0.391. The molecule has 0 spiro atoms. The average molecular weight is 248 g/mol. The molecule has 92 valence electrons. The maximum Gasteiger partial charge on any atom is 0.259 e. The second kappa shape index (κ2) is 5.39. The van der Waals surface area contributed by atoms with Gasteiger partial charge in [-0.3, -0.25) is 0 Å². The monoisotopic (exact) mass is 248 g/mol. The van der Waals surface area contributed by atoms with Crippen molar-refractivity contribution >= 4 is 10.0 Å². The number of nitrogens with zero attached hydrogens (tertiary/aromatic N) is 2. The fourth-order valence-electron chi connectivity index (χ4n) is 1.16. The molecule has 1 rings (SSSR count). The molecule has 8 heteroatoms. The molecular formula is C8H16N4O3S. The second-order valence-electron chi connectivity index (χ2n) is 3.39. The third-order valence-electron chi connectivity index (χ3n) is 1.93. The van der Waals surface area contributed by atoms with E-state index < -0.39 is 16.1 Å². The van der Waals surface area contributed by atoms with E-state index in [1.807, 2.05) is 0 Å². The average Bonchev–Trinajstić information content (AvgIpc) is 2.64. The Labute approximate surface area is 94.7 Å². The van der Waals surface area contributed by atoms with Gasteiger partial charge in [0.25, 0.3) is 10.0 Å². The number of sulfonamides is 1. The molecule has 0 saturated heterocycles. The van der Waals surface area contributed by atoms with E-state index in [1.54, 1.807) is 11.6 Å². The SMILES string of the molecule is COCC(CN)NS(=O)(=O)c1cn(C)cn1. The van der Waals surface area contributed by atoms with E-state index in [-0.39, 0.29) is 18.2 Å². The number of nitrogens with one attached hydrogen (secondary N) is 1. The zero-order valence-corrected chi connectivity index (χ0v) is 10.1. The summed E-state index contributed by atoms with van der Waals surface area (Å²) in [5.41, 5.74) is 5.42. The molecule has 3 N–H and O–H groups in total. The number of aromatic nitrogens is 2. The zero-order valence-electron chi connectivity index (χ0n) is 9.25. The van der Waals surface area contributed by atoms with Gasteiger partial charge in [0.15, 0.2) is 5.03 Å². The highest BCUT2D eigenvalue weighted by Gasteiger charge is 2.21. The van der Waals surface area contributed by atoms with E-state index in [0.717, 1.165) is 0 Å². The largest absolute Gasteiger partial charge is 0.383 e. The van der Waals surface area contributed by atoms with Gasteiger partial charge in [-0.25, -0.2) is 18.1 Å². The fourth-order valence-corrected chi connectivity index (χ4v) is 2.37. The van der Waals surface area contributed by atoms with Gasteiger partial charge in [-0.1, -0.05) is 0 Å². The van der Waals surface area contributed by atoms with Gasteiger partial charge >= 0.3 is 0 Å². The number of hydrogen-bond donors (Lipinski definition) is 2. The Bertz CT molecular complexity index is 428. The van der Waals surface area contributed by atoms with Crippen molar-refractivity contribution in [2.75, 3.05) is 20.3 Å².